The van der Waals surface area contributed by atoms with E-state index in [9.17, 15) is 20.2 Å². The lowest BCUT2D eigenvalue weighted by molar-refractivity contribution is -0.385. The van der Waals surface area contributed by atoms with Gasteiger partial charge in [0.05, 0.1) is 12.0 Å². The van der Waals surface area contributed by atoms with Crippen molar-refractivity contribution < 1.29 is 14.5 Å². The molecule has 0 radical (unpaired) electrons. The molecule has 0 saturated carbocycles. The van der Waals surface area contributed by atoms with Crippen LogP contribution in [-0.2, 0) is 4.79 Å². The number of rotatable bonds is 6. The van der Waals surface area contributed by atoms with Crippen LogP contribution in [0.4, 0.5) is 11.4 Å². The molecule has 2 aromatic rings. The van der Waals surface area contributed by atoms with Gasteiger partial charge in [0.15, 0.2) is 0 Å². The molecule has 27 heavy (non-hydrogen) atoms. The molecule has 0 aromatic heterocycles. The fourth-order valence-electron chi connectivity index (χ4n) is 2.51. The standard InChI is InChI=1S/C20H19N3O4/c1-13(2)18-8-7-14(10-19(18)23(25)26)9-15(12-21)20(24)22-16-5-4-6-17(11-16)27-3/h4-11,13H,1-3H3,(H,22,24)/b15-9+. The lowest BCUT2D eigenvalue weighted by Crippen LogP contribution is -2.13. The summed E-state index contributed by atoms with van der Waals surface area (Å²) in [4.78, 5) is 23.2. The van der Waals surface area contributed by atoms with Crippen LogP contribution in [0.5, 0.6) is 5.75 Å². The maximum absolute atomic E-state index is 12.4. The Hall–Kier alpha value is -3.66. The monoisotopic (exact) mass is 365 g/mol. The summed E-state index contributed by atoms with van der Waals surface area (Å²) in [5, 5.41) is 23.2. The highest BCUT2D eigenvalue weighted by Gasteiger charge is 2.17. The quantitative estimate of drug-likeness (QED) is 0.356. The van der Waals surface area contributed by atoms with E-state index in [4.69, 9.17) is 4.74 Å². The van der Waals surface area contributed by atoms with Crippen LogP contribution in [0.25, 0.3) is 6.08 Å². The van der Waals surface area contributed by atoms with E-state index in [2.05, 4.69) is 5.32 Å². The van der Waals surface area contributed by atoms with Gasteiger partial charge in [-0.05, 0) is 29.7 Å². The van der Waals surface area contributed by atoms with E-state index >= 15 is 0 Å². The van der Waals surface area contributed by atoms with Crippen LogP contribution < -0.4 is 10.1 Å². The minimum absolute atomic E-state index is 0.0183. The highest BCUT2D eigenvalue weighted by Crippen LogP contribution is 2.28. The number of nitrogens with one attached hydrogen (secondary N) is 1. The molecule has 0 heterocycles. The number of ether oxygens (including phenoxy) is 1. The second-order valence-electron chi connectivity index (χ2n) is 6.09. The summed E-state index contributed by atoms with van der Waals surface area (Å²) < 4.78 is 5.09. The molecule has 138 valence electrons. The number of methoxy groups -OCH3 is 1. The third-order valence-electron chi connectivity index (χ3n) is 3.88. The first-order chi connectivity index (χ1) is 12.8. The number of amides is 1. The van der Waals surface area contributed by atoms with Gasteiger partial charge < -0.3 is 10.1 Å². The molecule has 0 saturated heterocycles. The summed E-state index contributed by atoms with van der Waals surface area (Å²) in [6.45, 7) is 3.72. The molecule has 0 aliphatic rings. The normalized spacial score (nSPS) is 11.0. The molecule has 0 aliphatic carbocycles. The molecule has 2 aromatic carbocycles. The molecule has 1 amide bonds. The van der Waals surface area contributed by atoms with Crippen molar-refractivity contribution in [2.75, 3.05) is 12.4 Å². The summed E-state index contributed by atoms with van der Waals surface area (Å²) in [5.41, 5.74) is 1.27. The van der Waals surface area contributed by atoms with E-state index in [1.54, 1.807) is 36.4 Å². The van der Waals surface area contributed by atoms with Crippen molar-refractivity contribution in [1.29, 1.82) is 5.26 Å². The molecule has 0 bridgehead atoms. The highest BCUT2D eigenvalue weighted by atomic mass is 16.6. The number of hydrogen-bond acceptors (Lipinski definition) is 5. The predicted molar refractivity (Wildman–Crippen MR) is 102 cm³/mol. The van der Waals surface area contributed by atoms with Gasteiger partial charge in [0.1, 0.15) is 17.4 Å². The van der Waals surface area contributed by atoms with Crippen molar-refractivity contribution in [3.05, 3.63) is 69.3 Å². The van der Waals surface area contributed by atoms with E-state index in [0.717, 1.165) is 0 Å². The Kier molecular flexibility index (Phi) is 6.28. The summed E-state index contributed by atoms with van der Waals surface area (Å²) in [7, 11) is 1.51. The highest BCUT2D eigenvalue weighted by molar-refractivity contribution is 6.09. The van der Waals surface area contributed by atoms with Crippen LogP contribution in [0.3, 0.4) is 0 Å². The first kappa shape index (κ1) is 19.7. The van der Waals surface area contributed by atoms with Crippen LogP contribution in [0.1, 0.15) is 30.9 Å². The molecule has 0 aliphatic heterocycles. The average molecular weight is 365 g/mol. The third kappa shape index (κ3) is 4.92. The third-order valence-corrected chi connectivity index (χ3v) is 3.88. The second-order valence-corrected chi connectivity index (χ2v) is 6.09. The minimum atomic E-state index is -0.610. The largest absolute Gasteiger partial charge is 0.497 e. The Morgan fingerprint density at radius 1 is 1.30 bits per heavy atom. The number of nitrogens with zero attached hydrogens (tertiary/aromatic N) is 2. The maximum Gasteiger partial charge on any atom is 0.273 e. The van der Waals surface area contributed by atoms with Crippen LogP contribution in [0.2, 0.25) is 0 Å². The first-order valence-electron chi connectivity index (χ1n) is 8.21. The van der Waals surface area contributed by atoms with Crippen LogP contribution in [0.15, 0.2) is 48.0 Å². The van der Waals surface area contributed by atoms with Crippen molar-refractivity contribution in [2.45, 2.75) is 19.8 Å². The van der Waals surface area contributed by atoms with Gasteiger partial charge in [0.25, 0.3) is 11.6 Å². The molecular weight excluding hydrogens is 346 g/mol. The van der Waals surface area contributed by atoms with Crippen molar-refractivity contribution >= 4 is 23.4 Å². The van der Waals surface area contributed by atoms with E-state index in [1.165, 1.54) is 19.3 Å². The fraction of sp³-hybridized carbons (Fsp3) is 0.200. The van der Waals surface area contributed by atoms with E-state index in [1.807, 2.05) is 19.9 Å². The van der Waals surface area contributed by atoms with Gasteiger partial charge >= 0.3 is 0 Å². The van der Waals surface area contributed by atoms with Gasteiger partial charge in [-0.25, -0.2) is 0 Å². The van der Waals surface area contributed by atoms with Crippen molar-refractivity contribution in [2.24, 2.45) is 0 Å². The number of nitro groups is 1. The average Bonchev–Trinajstić information content (AvgIpc) is 2.65. The van der Waals surface area contributed by atoms with Crippen molar-refractivity contribution in [3.63, 3.8) is 0 Å². The summed E-state index contributed by atoms with van der Waals surface area (Å²) >= 11 is 0. The van der Waals surface area contributed by atoms with Crippen LogP contribution in [-0.4, -0.2) is 17.9 Å². The van der Waals surface area contributed by atoms with Crippen LogP contribution >= 0.6 is 0 Å². The Bertz CT molecular complexity index is 942. The number of hydrogen-bond donors (Lipinski definition) is 1. The Balaban J connectivity index is 2.32. The first-order valence-corrected chi connectivity index (χ1v) is 8.21. The number of benzene rings is 2. The van der Waals surface area contributed by atoms with Gasteiger partial charge in [0, 0.05) is 23.4 Å². The lowest BCUT2D eigenvalue weighted by Gasteiger charge is -2.08. The summed E-state index contributed by atoms with van der Waals surface area (Å²) in [5.74, 6) is -0.0632. The van der Waals surface area contributed by atoms with Gasteiger partial charge in [0.2, 0.25) is 0 Å². The Morgan fingerprint density at radius 2 is 2.04 bits per heavy atom. The smallest absolute Gasteiger partial charge is 0.273 e. The number of carbonyl (C=O) groups is 1. The summed E-state index contributed by atoms with van der Waals surface area (Å²) in [6.07, 6.45) is 1.33. The molecule has 0 unspecified atom stereocenters. The SMILES string of the molecule is COc1cccc(NC(=O)/C(C#N)=C/c2ccc(C(C)C)c([N+](=O)[O-])c2)c1. The molecule has 7 nitrogen and oxygen atoms in total. The zero-order chi connectivity index (χ0) is 20.0. The molecular formula is C20H19N3O4. The predicted octanol–water partition coefficient (Wildman–Crippen LogP) is 4.27. The lowest BCUT2D eigenvalue weighted by atomic mass is 9.98. The molecule has 1 N–H and O–H groups in total. The Labute approximate surface area is 157 Å². The van der Waals surface area contributed by atoms with Gasteiger partial charge in [-0.3, -0.25) is 14.9 Å². The Morgan fingerprint density at radius 3 is 2.63 bits per heavy atom. The van der Waals surface area contributed by atoms with Crippen molar-refractivity contribution in [3.8, 4) is 11.8 Å². The zero-order valence-electron chi connectivity index (χ0n) is 15.2. The van der Waals surface area contributed by atoms with Crippen molar-refractivity contribution in [1.82, 2.24) is 0 Å². The second kappa shape index (κ2) is 8.63. The minimum Gasteiger partial charge on any atom is -0.497 e. The van der Waals surface area contributed by atoms with E-state index in [-0.39, 0.29) is 17.2 Å². The number of carbonyl (C=O) groups excluding carboxylic acids is 1. The maximum atomic E-state index is 12.4. The molecule has 0 atom stereocenters. The van der Waals surface area contributed by atoms with Gasteiger partial charge in [-0.2, -0.15) is 5.26 Å². The van der Waals surface area contributed by atoms with E-state index in [0.29, 0.717) is 22.6 Å². The topological polar surface area (TPSA) is 105 Å². The van der Waals surface area contributed by atoms with Gasteiger partial charge in [-0.1, -0.05) is 32.0 Å². The fourth-order valence-corrected chi connectivity index (χ4v) is 2.51. The van der Waals surface area contributed by atoms with Gasteiger partial charge in [-0.15, -0.1) is 0 Å². The number of nitriles is 1. The molecule has 2 rings (SSSR count). The molecule has 7 heteroatoms. The van der Waals surface area contributed by atoms with E-state index < -0.39 is 10.8 Å². The number of anilines is 1. The van der Waals surface area contributed by atoms with Crippen LogP contribution in [0, 0.1) is 21.4 Å². The summed E-state index contributed by atoms with van der Waals surface area (Å²) in [6, 6.07) is 13.2. The molecule has 0 fully saturated rings. The molecule has 0 spiro atoms. The zero-order valence-corrected chi connectivity index (χ0v) is 15.2. The number of nitro benzene ring substituents is 1.